The summed E-state index contributed by atoms with van der Waals surface area (Å²) in [6.07, 6.45) is -4.31. The van der Waals surface area contributed by atoms with Gasteiger partial charge in [-0.05, 0) is 31.0 Å². The topological polar surface area (TPSA) is 66.8 Å². The zero-order valence-electron chi connectivity index (χ0n) is 14.4. The molecule has 1 aromatic carbocycles. The molecule has 6 nitrogen and oxygen atoms in total. The van der Waals surface area contributed by atoms with Crippen LogP contribution in [0.15, 0.2) is 41.2 Å². The predicted molar refractivity (Wildman–Crippen MR) is 92.3 cm³/mol. The van der Waals surface area contributed by atoms with Gasteiger partial charge in [0.25, 0.3) is 5.56 Å². The fourth-order valence-corrected chi connectivity index (χ4v) is 2.58. The van der Waals surface area contributed by atoms with Crippen LogP contribution in [0.4, 0.5) is 13.2 Å². The maximum atomic E-state index is 12.2. The van der Waals surface area contributed by atoms with Crippen molar-refractivity contribution in [2.24, 2.45) is 0 Å². The van der Waals surface area contributed by atoms with Gasteiger partial charge >= 0.3 is 12.3 Å². The van der Waals surface area contributed by atoms with Gasteiger partial charge in [0.05, 0.1) is 12.7 Å². The third kappa shape index (κ3) is 6.33. The Morgan fingerprint density at radius 2 is 1.85 bits per heavy atom. The van der Waals surface area contributed by atoms with Crippen molar-refractivity contribution in [1.29, 1.82) is 0 Å². The molecule has 1 heterocycles. The molecule has 0 radical (unpaired) electrons. The molecule has 0 amide bonds. The molecule has 27 heavy (non-hydrogen) atoms. The first kappa shape index (κ1) is 20.8. The summed E-state index contributed by atoms with van der Waals surface area (Å²) in [5, 5.41) is 0. The van der Waals surface area contributed by atoms with E-state index in [0.717, 1.165) is 11.6 Å². The van der Waals surface area contributed by atoms with E-state index in [1.54, 1.807) is 31.2 Å². The summed E-state index contributed by atoms with van der Waals surface area (Å²) >= 11 is -0.259. The molecule has 146 valence electrons. The molecular weight excluding hydrogens is 387 g/mol. The highest BCUT2D eigenvalue weighted by Gasteiger charge is 2.31. The lowest BCUT2D eigenvalue weighted by atomic mass is 10.1. The molecule has 0 saturated heterocycles. The number of carbonyl (C=O) groups excluding carboxylic acids is 1. The van der Waals surface area contributed by atoms with Gasteiger partial charge in [-0.2, -0.15) is 4.18 Å². The molecule has 0 fully saturated rings. The summed E-state index contributed by atoms with van der Waals surface area (Å²) < 4.78 is 50.0. The van der Waals surface area contributed by atoms with Crippen LogP contribution in [0.2, 0.25) is 0 Å². The summed E-state index contributed by atoms with van der Waals surface area (Å²) in [4.78, 5) is 23.6. The average Bonchev–Trinajstić information content (AvgIpc) is 2.60. The Bertz CT molecular complexity index is 849. The summed E-state index contributed by atoms with van der Waals surface area (Å²) in [5.41, 5.74) is 1.44. The number of pyridine rings is 1. The van der Waals surface area contributed by atoms with E-state index in [1.165, 1.54) is 17.7 Å². The zero-order valence-corrected chi connectivity index (χ0v) is 15.2. The lowest BCUT2D eigenvalue weighted by molar-refractivity contribution is -0.268. The number of hydrogen-bond acceptors (Lipinski definition) is 6. The van der Waals surface area contributed by atoms with Gasteiger partial charge in [0.2, 0.25) is 12.3 Å². The maximum absolute atomic E-state index is 12.2. The Morgan fingerprint density at radius 3 is 2.41 bits per heavy atom. The van der Waals surface area contributed by atoms with Crippen molar-refractivity contribution in [1.82, 2.24) is 4.57 Å². The fourth-order valence-electron chi connectivity index (χ4n) is 2.29. The van der Waals surface area contributed by atoms with Crippen LogP contribution in [0.25, 0.3) is 0 Å². The number of aryl methyl sites for hydroxylation is 2. The number of hydrogen-bond donors (Lipinski definition) is 0. The monoisotopic (exact) mass is 403 g/mol. The van der Waals surface area contributed by atoms with Crippen LogP contribution in [0.3, 0.4) is 0 Å². The Hall–Kier alpha value is -2.46. The van der Waals surface area contributed by atoms with Crippen molar-refractivity contribution >= 4 is 18.3 Å². The van der Waals surface area contributed by atoms with Gasteiger partial charge in [0.1, 0.15) is 5.75 Å². The Morgan fingerprint density at radius 1 is 1.19 bits per heavy atom. The second-order valence-corrected chi connectivity index (χ2v) is 5.91. The highest BCUT2D eigenvalue weighted by molar-refractivity contribution is 7.90. The Kier molecular flexibility index (Phi) is 6.92. The van der Waals surface area contributed by atoms with E-state index in [4.69, 9.17) is 4.18 Å². The molecular formula is C17H16F3NO5S. The molecule has 2 aromatic rings. The molecule has 0 bridgehead atoms. The molecule has 1 aromatic heterocycles. The van der Waals surface area contributed by atoms with Crippen molar-refractivity contribution in [2.45, 2.75) is 26.3 Å². The second-order valence-electron chi connectivity index (χ2n) is 5.44. The lowest BCUT2D eigenvalue weighted by Crippen LogP contribution is -2.22. The van der Waals surface area contributed by atoms with Crippen molar-refractivity contribution in [3.8, 4) is 5.75 Å². The standard InChI is InChI=1S/C17H16F3NO5S/c1-11-9-14(25-27-26-17(18,19)20)10-15(22)21(11)8-7-12-3-5-13(6-4-12)16(23)24-2/h3-6,9-10H,7-8H2,1-2H3. The van der Waals surface area contributed by atoms with Crippen molar-refractivity contribution < 1.29 is 31.1 Å². The van der Waals surface area contributed by atoms with E-state index in [-0.39, 0.29) is 18.1 Å². The van der Waals surface area contributed by atoms with E-state index < -0.39 is 17.9 Å². The van der Waals surface area contributed by atoms with E-state index in [0.29, 0.717) is 24.2 Å². The van der Waals surface area contributed by atoms with Crippen LogP contribution in [-0.4, -0.2) is 24.0 Å². The maximum Gasteiger partial charge on any atom is 0.536 e. The summed E-state index contributed by atoms with van der Waals surface area (Å²) in [7, 11) is 1.30. The highest BCUT2D eigenvalue weighted by Crippen LogP contribution is 2.25. The van der Waals surface area contributed by atoms with Crippen LogP contribution in [0.1, 0.15) is 21.6 Å². The van der Waals surface area contributed by atoms with Gasteiger partial charge in [-0.1, -0.05) is 12.1 Å². The molecule has 10 heteroatoms. The van der Waals surface area contributed by atoms with Crippen LogP contribution in [0.5, 0.6) is 5.75 Å². The lowest BCUT2D eigenvalue weighted by Gasteiger charge is -2.12. The molecule has 0 N–H and O–H groups in total. The minimum Gasteiger partial charge on any atom is -0.465 e. The Labute approximate surface area is 157 Å². The molecule has 0 atom stereocenters. The third-order valence-corrected chi connectivity index (χ3v) is 4.08. The van der Waals surface area contributed by atoms with Crippen LogP contribution in [-0.2, 0) is 21.9 Å². The smallest absolute Gasteiger partial charge is 0.465 e. The largest absolute Gasteiger partial charge is 0.536 e. The van der Waals surface area contributed by atoms with Gasteiger partial charge < -0.3 is 13.5 Å². The first-order valence-corrected chi connectivity index (χ1v) is 8.34. The number of halogens is 3. The van der Waals surface area contributed by atoms with Crippen LogP contribution >= 0.6 is 12.3 Å². The number of alkyl halides is 3. The average molecular weight is 403 g/mol. The van der Waals surface area contributed by atoms with Crippen molar-refractivity contribution in [3.63, 3.8) is 0 Å². The van der Waals surface area contributed by atoms with E-state index in [2.05, 4.69) is 8.92 Å². The van der Waals surface area contributed by atoms with Crippen molar-refractivity contribution in [2.75, 3.05) is 7.11 Å². The number of aromatic nitrogens is 1. The molecule has 2 rings (SSSR count). The van der Waals surface area contributed by atoms with Gasteiger partial charge in [0, 0.05) is 24.4 Å². The SMILES string of the molecule is COC(=O)c1ccc(CCn2c(C)cc(OSOC(F)(F)F)cc2=O)cc1. The molecule has 0 aliphatic carbocycles. The number of esters is 1. The summed E-state index contributed by atoms with van der Waals surface area (Å²) in [6.45, 7) is 2.00. The van der Waals surface area contributed by atoms with E-state index in [9.17, 15) is 22.8 Å². The molecule has 0 aliphatic rings. The molecule has 0 spiro atoms. The summed E-state index contributed by atoms with van der Waals surface area (Å²) in [6, 6.07) is 9.30. The number of carbonyl (C=O) groups is 1. The number of benzene rings is 1. The van der Waals surface area contributed by atoms with Crippen LogP contribution in [0, 0.1) is 6.92 Å². The number of rotatable bonds is 7. The third-order valence-electron chi connectivity index (χ3n) is 3.57. The van der Waals surface area contributed by atoms with Gasteiger partial charge in [0.15, 0.2) is 0 Å². The minimum absolute atomic E-state index is 0.0366. The first-order chi connectivity index (χ1) is 12.7. The van der Waals surface area contributed by atoms with Crippen molar-refractivity contribution in [3.05, 3.63) is 63.6 Å². The minimum atomic E-state index is -4.84. The number of ether oxygens (including phenoxy) is 1. The molecule has 0 saturated carbocycles. The van der Waals surface area contributed by atoms with Gasteiger partial charge in [-0.3, -0.25) is 4.79 Å². The van der Waals surface area contributed by atoms with Gasteiger partial charge in [-0.25, -0.2) is 4.79 Å². The second kappa shape index (κ2) is 8.96. The number of nitrogens with zero attached hydrogens (tertiary/aromatic N) is 1. The molecule has 0 aliphatic heterocycles. The first-order valence-electron chi connectivity index (χ1n) is 7.67. The van der Waals surface area contributed by atoms with Gasteiger partial charge in [-0.15, -0.1) is 13.2 Å². The summed E-state index contributed by atoms with van der Waals surface area (Å²) in [5.74, 6) is -0.470. The fraction of sp³-hybridized carbons (Fsp3) is 0.294. The normalized spacial score (nSPS) is 11.3. The quantitative estimate of drug-likeness (QED) is 0.519. The van der Waals surface area contributed by atoms with E-state index >= 15 is 0 Å². The number of methoxy groups -OCH3 is 1. The molecule has 0 unspecified atom stereocenters. The zero-order chi connectivity index (χ0) is 20.0. The van der Waals surface area contributed by atoms with Crippen LogP contribution < -0.4 is 9.74 Å². The predicted octanol–water partition coefficient (Wildman–Crippen LogP) is 3.66. The highest BCUT2D eigenvalue weighted by atomic mass is 32.2. The van der Waals surface area contributed by atoms with E-state index in [1.807, 2.05) is 0 Å². The Balaban J connectivity index is 2.00.